The lowest BCUT2D eigenvalue weighted by molar-refractivity contribution is -0.155. The van der Waals surface area contributed by atoms with Crippen LogP contribution in [0.3, 0.4) is 0 Å². The van der Waals surface area contributed by atoms with Gasteiger partial charge in [0.2, 0.25) is 5.95 Å². The fourth-order valence-electron chi connectivity index (χ4n) is 19.7. The summed E-state index contributed by atoms with van der Waals surface area (Å²) in [4.78, 5) is 86.8. The number of allylic oxidation sites excluding steroid dienone is 3. The van der Waals surface area contributed by atoms with E-state index >= 15 is 0 Å². The number of aromatic nitrogens is 16. The molecule has 0 spiro atoms. The number of fused-ring (bicyclic) bond motifs is 6. The van der Waals surface area contributed by atoms with Crippen LogP contribution in [0.25, 0.3) is 35.3 Å². The first-order chi connectivity index (χ1) is 62.8. The Labute approximate surface area is 763 Å². The van der Waals surface area contributed by atoms with Gasteiger partial charge in [-0.15, -0.1) is 0 Å². The maximum atomic E-state index is 14.7. The Balaban J connectivity index is 0.000000138. The van der Waals surface area contributed by atoms with E-state index in [-0.39, 0.29) is 89.3 Å². The van der Waals surface area contributed by atoms with Crippen LogP contribution in [0.4, 0.5) is 13.2 Å². The quantitative estimate of drug-likeness (QED) is 0.0248. The number of hydrogen-bond acceptors (Lipinski definition) is 20. The van der Waals surface area contributed by atoms with Crippen LogP contribution in [-0.4, -0.2) is 192 Å². The number of ketones is 4. The SMILES string of the molecule is C=S(=O)(c1ccn(C)n1)N(C1CC1)[C@H]1CCC2=Cc3c(cnn3-c3ccc(F)nc3)C[C@]2(C(=O)c2cc(C)ccn2)C1.C=S(=O)(c1ccn(C)n1)N(CC(=O)OC(C)(C)C)[C@H]1CCC2=Cc3c(cnn3-c3ccc(F)cc3)C[C@]2(C(=O)c2cc(C)ccn2)C1.CC(=O)CN([C@H]1CCC2=Cc3c(cnn3-c3ccc(F)cc3)C[C@]2(C(=O)c2cc(C)ccn2)C1)S(=O)(=O)c1ccn(C)n1. The number of carbonyl (C=O) groups excluding carboxylic acids is 5. The third-order valence-corrected chi connectivity index (χ3v) is 31.9. The summed E-state index contributed by atoms with van der Waals surface area (Å²) in [6.45, 7) is 11.8. The van der Waals surface area contributed by atoms with Gasteiger partial charge in [0.05, 0.1) is 101 Å². The molecule has 35 heteroatoms. The average molecular weight is 1850 g/mol. The van der Waals surface area contributed by atoms with Crippen molar-refractivity contribution in [3.63, 3.8) is 0 Å². The molecular weight excluding hydrogens is 1740 g/mol. The standard InChI is InChI=1S/C35H39FN6O4S.C31H32FN7O2S.C31H31FN6O4S/c1-23-13-15-37-29(17-23)33(44)35-19-24-21-38-42(27-11-8-26(36)9-12-27)30(24)18-25(35)7-10-28(20-35)41(22-32(43)46-34(2,3)4)47(6,45)31-14-16-40(5)39-31;1-20-10-12-33-26(14-20)30(40)31-16-21-18-35-38(25-8-9-28(32)34-19-25)27(21)15-22(31)4-5-24(17-31)39(23-6-7-23)42(3,41)29-11-13-37(2)36-29;1-20-10-12-33-27(14-20)30(40)31-16-22-18-34-38(25-8-5-24(32)6-9-25)28(22)15-23(31)4-7-26(17-31)37(19-21(2)39)43(41,42)29-11-13-36(3)35-29/h8-9,11-18,21,28H,6-7,10,19-20,22H2,1-5H3;8-15,18-19,23-24H,3-7,16-17H2,1-2H3;5-6,8-15,18,26H,4,7,16-17,19H2,1-3H3/t28-,35-,47?;24-,31-,42?;26-,31-/m000/s1. The number of aryl methyl sites for hydroxylation is 6. The van der Waals surface area contributed by atoms with E-state index in [0.717, 1.165) is 86.4 Å². The van der Waals surface area contributed by atoms with Crippen molar-refractivity contribution in [1.82, 2.24) is 91.5 Å². The van der Waals surface area contributed by atoms with Crippen molar-refractivity contribution in [1.29, 1.82) is 0 Å². The summed E-state index contributed by atoms with van der Waals surface area (Å²) in [7, 11) is -5.14. The normalized spacial score (nSPS) is 21.2. The molecule has 7 aliphatic rings. The highest BCUT2D eigenvalue weighted by molar-refractivity contribution is 7.98. The number of hydrogen-bond donors (Lipinski definition) is 0. The molecule has 29 nitrogen and oxygen atoms in total. The zero-order valence-corrected chi connectivity index (χ0v) is 77.4. The van der Waals surface area contributed by atoms with Gasteiger partial charge in [0, 0.05) is 82.5 Å². The number of pyridine rings is 4. The van der Waals surface area contributed by atoms with Crippen molar-refractivity contribution in [3.05, 3.63) is 279 Å². The van der Waals surface area contributed by atoms with Gasteiger partial charge in [-0.3, -0.25) is 53.0 Å². The minimum Gasteiger partial charge on any atom is -0.459 e. The Bertz CT molecular complexity index is 7020. The lowest BCUT2D eigenvalue weighted by Gasteiger charge is -2.47. The van der Waals surface area contributed by atoms with Gasteiger partial charge in [-0.2, -0.15) is 39.3 Å². The number of ether oxygens (including phenoxy) is 1. The average Bonchev–Trinajstić information content (AvgIpc) is 1.30. The summed E-state index contributed by atoms with van der Waals surface area (Å²) in [5.41, 5.74) is 9.88. The van der Waals surface area contributed by atoms with Gasteiger partial charge in [-0.25, -0.2) is 53.3 Å². The highest BCUT2D eigenvalue weighted by Crippen LogP contribution is 2.56. The summed E-state index contributed by atoms with van der Waals surface area (Å²) in [6, 6.07) is 29.7. The summed E-state index contributed by atoms with van der Waals surface area (Å²) >= 11 is 0. The molecule has 10 aromatic heterocycles. The molecule has 4 saturated carbocycles. The van der Waals surface area contributed by atoms with E-state index < -0.39 is 75.3 Å². The second-order valence-corrected chi connectivity index (χ2v) is 42.7. The van der Waals surface area contributed by atoms with E-state index in [1.54, 1.807) is 167 Å². The molecule has 0 saturated heterocycles. The fraction of sp³-hybridized carbons (Fsp3) is 0.351. The molecule has 0 aliphatic heterocycles. The van der Waals surface area contributed by atoms with Gasteiger partial charge < -0.3 is 4.74 Å². The lowest BCUT2D eigenvalue weighted by atomic mass is 9.60. The molecule has 0 N–H and O–H groups in total. The van der Waals surface area contributed by atoms with Crippen LogP contribution in [-0.2, 0) is 84.2 Å². The van der Waals surface area contributed by atoms with Crippen LogP contribution in [0.15, 0.2) is 209 Å². The first-order valence-corrected chi connectivity index (χ1v) is 48.5. The predicted octanol–water partition coefficient (Wildman–Crippen LogP) is 13.6. The molecular formula is C97H102F3N19O10S3. The maximum absolute atomic E-state index is 14.7. The largest absolute Gasteiger partial charge is 0.459 e. The molecule has 684 valence electrons. The topological polar surface area (TPSA) is 331 Å². The number of Topliss-reactive ketones (excluding diaryl/α,β-unsaturated/α-hetero) is 4. The van der Waals surface area contributed by atoms with Crippen molar-refractivity contribution in [3.8, 4) is 17.1 Å². The Morgan fingerprint density at radius 1 is 0.462 bits per heavy atom. The number of rotatable bonds is 23. The summed E-state index contributed by atoms with van der Waals surface area (Å²) in [5, 5.41) is 27.4. The molecule has 10 heterocycles. The van der Waals surface area contributed by atoms with Crippen LogP contribution in [0.2, 0.25) is 0 Å². The molecule has 12 aromatic rings. The Kier molecular flexibility index (Phi) is 24.5. The van der Waals surface area contributed by atoms with Gasteiger partial charge >= 0.3 is 5.97 Å². The zero-order chi connectivity index (χ0) is 93.5. The Hall–Kier alpha value is -12.7. The second kappa shape index (κ2) is 35.5. The number of esters is 1. The van der Waals surface area contributed by atoms with Gasteiger partial charge in [-0.05, 0) is 317 Å². The molecule has 19 rings (SSSR count). The zero-order valence-electron chi connectivity index (χ0n) is 75.0. The molecule has 0 bridgehead atoms. The van der Waals surface area contributed by atoms with E-state index in [2.05, 4.69) is 72.7 Å². The Morgan fingerprint density at radius 3 is 1.21 bits per heavy atom. The third-order valence-electron chi connectivity index (χ3n) is 25.9. The van der Waals surface area contributed by atoms with Crippen molar-refractivity contribution in [2.24, 2.45) is 37.4 Å². The maximum Gasteiger partial charge on any atom is 0.321 e. The number of benzene rings is 2. The van der Waals surface area contributed by atoms with Gasteiger partial charge in [0.1, 0.15) is 46.6 Å². The molecule has 4 fully saturated rings. The predicted molar refractivity (Wildman–Crippen MR) is 492 cm³/mol. The fourth-order valence-corrected chi connectivity index (χ4v) is 25.1. The summed E-state index contributed by atoms with van der Waals surface area (Å²) < 4.78 is 118. The van der Waals surface area contributed by atoms with Crippen molar-refractivity contribution < 1.29 is 58.7 Å². The van der Waals surface area contributed by atoms with E-state index in [1.807, 2.05) is 64.2 Å². The van der Waals surface area contributed by atoms with Crippen molar-refractivity contribution >= 4 is 88.5 Å². The van der Waals surface area contributed by atoms with E-state index in [9.17, 15) is 54.0 Å². The molecule has 2 unspecified atom stereocenters. The highest BCUT2D eigenvalue weighted by atomic mass is 32.2. The van der Waals surface area contributed by atoms with E-state index in [0.29, 0.717) is 90.5 Å². The molecule has 0 radical (unpaired) electrons. The smallest absolute Gasteiger partial charge is 0.321 e. The first-order valence-electron chi connectivity index (χ1n) is 43.7. The van der Waals surface area contributed by atoms with Crippen LogP contribution < -0.4 is 0 Å². The third kappa shape index (κ3) is 17.8. The van der Waals surface area contributed by atoms with Crippen LogP contribution in [0, 0.1) is 54.6 Å². The molecule has 0 amide bonds. The minimum atomic E-state index is -4.15. The van der Waals surface area contributed by atoms with Crippen LogP contribution >= 0.6 is 0 Å². The van der Waals surface area contributed by atoms with Gasteiger partial charge in [-0.1, -0.05) is 16.7 Å². The van der Waals surface area contributed by atoms with Crippen molar-refractivity contribution in [2.75, 3.05) is 13.1 Å². The van der Waals surface area contributed by atoms with Crippen LogP contribution in [0.1, 0.15) is 180 Å². The molecule has 132 heavy (non-hydrogen) atoms. The highest BCUT2D eigenvalue weighted by Gasteiger charge is 2.57. The molecule has 8 atom stereocenters. The van der Waals surface area contributed by atoms with Crippen molar-refractivity contribution in [2.45, 2.75) is 183 Å². The van der Waals surface area contributed by atoms with Crippen LogP contribution in [0.5, 0.6) is 0 Å². The monoisotopic (exact) mass is 1850 g/mol. The number of halogens is 3. The van der Waals surface area contributed by atoms with Gasteiger partial charge in [0.15, 0.2) is 32.4 Å². The van der Waals surface area contributed by atoms with Gasteiger partial charge in [0.25, 0.3) is 10.0 Å². The summed E-state index contributed by atoms with van der Waals surface area (Å²) in [6.07, 6.45) is 29.7. The summed E-state index contributed by atoms with van der Waals surface area (Å²) in [5.74, 6) is 5.85. The lowest BCUT2D eigenvalue weighted by Crippen LogP contribution is -2.52. The molecule has 7 aliphatic carbocycles. The number of carbonyl (C=O) groups is 5. The minimum absolute atomic E-state index is 0.0341. The van der Waals surface area contributed by atoms with E-state index in [1.165, 1.54) is 64.7 Å². The van der Waals surface area contributed by atoms with E-state index in [4.69, 9.17) is 4.74 Å². The number of nitrogens with zero attached hydrogens (tertiary/aromatic N) is 19. The number of sulfonamides is 1. The molecule has 2 aromatic carbocycles. The second-order valence-electron chi connectivity index (χ2n) is 36.6. The first kappa shape index (κ1) is 91.2. The Morgan fingerprint density at radius 2 is 0.841 bits per heavy atom.